The highest BCUT2D eigenvalue weighted by atomic mass is 16.5. The SMILES string of the molecule is CCC/C=C\C/C=C\CCCCCCCC(=O)OCCCCCCCCCCCCCC/C=C\CCCCCCCCCCCCCCCCCCC(=O)NC(CO)C(O)CCCCCCCCCCCCCCCCCCCCCCCCC. The van der Waals surface area contributed by atoms with Gasteiger partial charge in [0.15, 0.2) is 0 Å². The van der Waals surface area contributed by atoms with Crippen LogP contribution in [-0.2, 0) is 14.3 Å². The first-order valence-electron chi connectivity index (χ1n) is 38.7. The predicted molar refractivity (Wildman–Crippen MR) is 375 cm³/mol. The van der Waals surface area contributed by atoms with E-state index in [0.29, 0.717) is 25.9 Å². The average molecular weight is 1200 g/mol. The van der Waals surface area contributed by atoms with Crippen LogP contribution in [0.4, 0.5) is 0 Å². The molecule has 0 fully saturated rings. The quantitative estimate of drug-likeness (QED) is 0.0320. The Morgan fingerprint density at radius 1 is 0.329 bits per heavy atom. The van der Waals surface area contributed by atoms with Gasteiger partial charge in [0, 0.05) is 12.8 Å². The number of carbonyl (C=O) groups is 2. The van der Waals surface area contributed by atoms with Crippen LogP contribution < -0.4 is 5.32 Å². The van der Waals surface area contributed by atoms with Gasteiger partial charge >= 0.3 is 5.97 Å². The summed E-state index contributed by atoms with van der Waals surface area (Å²) >= 11 is 0. The molecule has 0 aliphatic rings. The van der Waals surface area contributed by atoms with Crippen molar-refractivity contribution in [3.8, 4) is 0 Å². The Labute approximate surface area is 532 Å². The maximum atomic E-state index is 12.6. The standard InChI is InChI=1S/C79H151NO5/c1-3-5-7-9-11-13-15-17-18-19-20-21-32-35-38-41-44-48-51-55-59-63-67-71-77(82)76(75-81)80-78(83)72-68-64-60-56-52-49-45-42-39-36-33-30-28-26-24-22-23-25-27-29-31-34-37-40-43-46-50-54-58-62-66-70-74-85-79(84)73-69-65-61-57-53-47-16-14-12-10-8-6-4-2/h8,10,14,16,25,27,76-77,81-82H,3-7,9,11-13,15,17-24,26,28-75H2,1-2H3,(H,80,83)/b10-8-,16-14-,27-25-. The minimum absolute atomic E-state index is 0.00338. The molecule has 1 amide bonds. The molecule has 2 atom stereocenters. The molecule has 0 bridgehead atoms. The lowest BCUT2D eigenvalue weighted by molar-refractivity contribution is -0.143. The van der Waals surface area contributed by atoms with E-state index < -0.39 is 12.1 Å². The maximum absolute atomic E-state index is 12.6. The van der Waals surface area contributed by atoms with Gasteiger partial charge in [0.25, 0.3) is 0 Å². The lowest BCUT2D eigenvalue weighted by atomic mass is 10.0. The molecule has 0 saturated carbocycles. The number of ether oxygens (including phenoxy) is 1. The first-order valence-corrected chi connectivity index (χ1v) is 38.7. The molecule has 3 N–H and O–H groups in total. The van der Waals surface area contributed by atoms with Crippen molar-refractivity contribution >= 4 is 11.9 Å². The Bertz CT molecular complexity index is 1380. The average Bonchev–Trinajstić information content (AvgIpc) is 3.51. The zero-order chi connectivity index (χ0) is 61.3. The van der Waals surface area contributed by atoms with Gasteiger partial charge in [-0.3, -0.25) is 9.59 Å². The second kappa shape index (κ2) is 74.5. The number of carbonyl (C=O) groups excluding carboxylic acids is 2. The van der Waals surface area contributed by atoms with Crippen LogP contribution >= 0.6 is 0 Å². The van der Waals surface area contributed by atoms with Gasteiger partial charge in [0.05, 0.1) is 25.4 Å². The van der Waals surface area contributed by atoms with Crippen LogP contribution in [0.3, 0.4) is 0 Å². The number of hydrogen-bond donors (Lipinski definition) is 3. The molecule has 85 heavy (non-hydrogen) atoms. The largest absolute Gasteiger partial charge is 0.466 e. The number of rotatable bonds is 73. The lowest BCUT2D eigenvalue weighted by Gasteiger charge is -2.22. The van der Waals surface area contributed by atoms with Gasteiger partial charge in [-0.05, 0) is 77.0 Å². The van der Waals surface area contributed by atoms with E-state index >= 15 is 0 Å². The van der Waals surface area contributed by atoms with Gasteiger partial charge < -0.3 is 20.3 Å². The molecule has 0 aromatic heterocycles. The highest BCUT2D eigenvalue weighted by Crippen LogP contribution is 2.20. The minimum Gasteiger partial charge on any atom is -0.466 e. The third kappa shape index (κ3) is 71.0. The number of aliphatic hydroxyl groups is 2. The Morgan fingerprint density at radius 2 is 0.612 bits per heavy atom. The summed E-state index contributed by atoms with van der Waals surface area (Å²) in [6.07, 6.45) is 96.6. The zero-order valence-electron chi connectivity index (χ0n) is 57.6. The minimum atomic E-state index is -0.664. The van der Waals surface area contributed by atoms with E-state index in [1.807, 2.05) is 0 Å². The van der Waals surface area contributed by atoms with E-state index in [9.17, 15) is 19.8 Å². The van der Waals surface area contributed by atoms with Crippen LogP contribution in [0, 0.1) is 0 Å². The molecule has 6 nitrogen and oxygen atoms in total. The Kier molecular flexibility index (Phi) is 72.9. The molecule has 0 heterocycles. The Hall–Kier alpha value is -1.92. The molecule has 502 valence electrons. The molecule has 0 rings (SSSR count). The van der Waals surface area contributed by atoms with Crippen LogP contribution in [0.1, 0.15) is 431 Å². The number of hydrogen-bond acceptors (Lipinski definition) is 5. The Balaban J connectivity index is 3.36. The van der Waals surface area contributed by atoms with Gasteiger partial charge in [-0.2, -0.15) is 0 Å². The van der Waals surface area contributed by atoms with Crippen LogP contribution in [0.15, 0.2) is 36.5 Å². The summed E-state index contributed by atoms with van der Waals surface area (Å²) in [7, 11) is 0. The van der Waals surface area contributed by atoms with E-state index in [2.05, 4.69) is 55.6 Å². The molecular weight excluding hydrogens is 1040 g/mol. The fraction of sp³-hybridized carbons (Fsp3) is 0.899. The summed E-state index contributed by atoms with van der Waals surface area (Å²) in [6, 6.07) is -0.541. The summed E-state index contributed by atoms with van der Waals surface area (Å²) in [4.78, 5) is 24.6. The topological polar surface area (TPSA) is 95.9 Å². The molecule has 0 saturated heterocycles. The van der Waals surface area contributed by atoms with E-state index in [1.54, 1.807) is 0 Å². The summed E-state index contributed by atoms with van der Waals surface area (Å²) in [5.41, 5.74) is 0. The van der Waals surface area contributed by atoms with E-state index in [-0.39, 0.29) is 18.5 Å². The number of allylic oxidation sites excluding steroid dienone is 6. The monoisotopic (exact) mass is 1190 g/mol. The second-order valence-electron chi connectivity index (χ2n) is 26.7. The summed E-state index contributed by atoms with van der Waals surface area (Å²) in [6.45, 7) is 4.93. The first-order chi connectivity index (χ1) is 42.0. The number of esters is 1. The number of unbranched alkanes of at least 4 members (excludes halogenated alkanes) is 56. The fourth-order valence-electron chi connectivity index (χ4n) is 12.3. The third-order valence-electron chi connectivity index (χ3n) is 18.1. The van der Waals surface area contributed by atoms with Crippen molar-refractivity contribution in [1.82, 2.24) is 5.32 Å². The van der Waals surface area contributed by atoms with Crippen molar-refractivity contribution in [1.29, 1.82) is 0 Å². The number of nitrogens with one attached hydrogen (secondary N) is 1. The molecule has 0 aliphatic carbocycles. The van der Waals surface area contributed by atoms with Crippen molar-refractivity contribution < 1.29 is 24.5 Å². The highest BCUT2D eigenvalue weighted by molar-refractivity contribution is 5.76. The van der Waals surface area contributed by atoms with Gasteiger partial charge in [0.2, 0.25) is 5.91 Å². The van der Waals surface area contributed by atoms with Gasteiger partial charge in [-0.25, -0.2) is 0 Å². The number of amides is 1. The zero-order valence-corrected chi connectivity index (χ0v) is 57.6. The summed E-state index contributed by atoms with van der Waals surface area (Å²) in [5.74, 6) is -0.0239. The molecule has 0 aliphatic heterocycles. The lowest BCUT2D eigenvalue weighted by Crippen LogP contribution is -2.45. The van der Waals surface area contributed by atoms with E-state index in [0.717, 1.165) is 51.4 Å². The van der Waals surface area contributed by atoms with E-state index in [1.165, 1.54) is 347 Å². The highest BCUT2D eigenvalue weighted by Gasteiger charge is 2.20. The fourth-order valence-corrected chi connectivity index (χ4v) is 12.3. The summed E-state index contributed by atoms with van der Waals surface area (Å²) in [5, 5.41) is 23.5. The van der Waals surface area contributed by atoms with Crippen LogP contribution in [0.5, 0.6) is 0 Å². The van der Waals surface area contributed by atoms with Crippen molar-refractivity contribution in [3.05, 3.63) is 36.5 Å². The molecule has 0 aromatic carbocycles. The summed E-state index contributed by atoms with van der Waals surface area (Å²) < 4.78 is 5.48. The molecule has 2 unspecified atom stereocenters. The molecule has 0 aromatic rings. The smallest absolute Gasteiger partial charge is 0.305 e. The van der Waals surface area contributed by atoms with Crippen molar-refractivity contribution in [2.45, 2.75) is 443 Å². The van der Waals surface area contributed by atoms with Crippen LogP contribution in [0.25, 0.3) is 0 Å². The maximum Gasteiger partial charge on any atom is 0.305 e. The molecule has 0 radical (unpaired) electrons. The van der Waals surface area contributed by atoms with Gasteiger partial charge in [-0.1, -0.05) is 378 Å². The first kappa shape index (κ1) is 83.1. The molecular formula is C79H151NO5. The second-order valence-corrected chi connectivity index (χ2v) is 26.7. The van der Waals surface area contributed by atoms with Gasteiger partial charge in [-0.15, -0.1) is 0 Å². The Morgan fingerprint density at radius 3 is 0.953 bits per heavy atom. The third-order valence-corrected chi connectivity index (χ3v) is 18.1. The predicted octanol–water partition coefficient (Wildman–Crippen LogP) is 25.4. The van der Waals surface area contributed by atoms with Crippen LogP contribution in [0.2, 0.25) is 0 Å². The van der Waals surface area contributed by atoms with Crippen LogP contribution in [-0.4, -0.2) is 47.4 Å². The van der Waals surface area contributed by atoms with Crippen molar-refractivity contribution in [2.75, 3.05) is 13.2 Å². The van der Waals surface area contributed by atoms with Gasteiger partial charge in [0.1, 0.15) is 0 Å². The van der Waals surface area contributed by atoms with Crippen molar-refractivity contribution in [3.63, 3.8) is 0 Å². The molecule has 6 heteroatoms. The normalized spacial score (nSPS) is 12.7. The van der Waals surface area contributed by atoms with Crippen molar-refractivity contribution in [2.24, 2.45) is 0 Å². The van der Waals surface area contributed by atoms with E-state index in [4.69, 9.17) is 4.74 Å². The number of aliphatic hydroxyl groups excluding tert-OH is 2. The molecule has 0 spiro atoms.